The fourth-order valence-corrected chi connectivity index (χ4v) is 4.50. The van der Waals surface area contributed by atoms with Gasteiger partial charge < -0.3 is 10.0 Å². The molecule has 0 amide bonds. The van der Waals surface area contributed by atoms with Crippen molar-refractivity contribution >= 4 is 17.7 Å². The summed E-state index contributed by atoms with van der Waals surface area (Å²) in [6.45, 7) is 4.07. The number of thioether (sulfide) groups is 1. The van der Waals surface area contributed by atoms with Crippen LogP contribution in [0.25, 0.3) is 0 Å². The van der Waals surface area contributed by atoms with Gasteiger partial charge in [-0.3, -0.25) is 4.79 Å². The van der Waals surface area contributed by atoms with Crippen molar-refractivity contribution in [2.24, 2.45) is 5.41 Å². The Bertz CT molecular complexity index is 282. The lowest BCUT2D eigenvalue weighted by atomic mass is 9.74. The van der Waals surface area contributed by atoms with Gasteiger partial charge in [-0.05, 0) is 56.7 Å². The minimum atomic E-state index is -0.566. The summed E-state index contributed by atoms with van der Waals surface area (Å²) in [7, 11) is 0. The average molecular weight is 271 g/mol. The molecule has 2 aliphatic rings. The maximum absolute atomic E-state index is 11.5. The second-order valence-corrected chi connectivity index (χ2v) is 6.94. The lowest BCUT2D eigenvalue weighted by Crippen LogP contribution is -2.48. The van der Waals surface area contributed by atoms with Crippen LogP contribution in [0.4, 0.5) is 0 Å². The largest absolute Gasteiger partial charge is 0.481 e. The van der Waals surface area contributed by atoms with Crippen molar-refractivity contribution in [3.8, 4) is 0 Å². The first-order valence-corrected chi connectivity index (χ1v) is 8.38. The van der Waals surface area contributed by atoms with E-state index in [1.807, 2.05) is 0 Å². The summed E-state index contributed by atoms with van der Waals surface area (Å²) in [4.78, 5) is 14.1. The van der Waals surface area contributed by atoms with E-state index in [0.29, 0.717) is 0 Å². The van der Waals surface area contributed by atoms with Gasteiger partial charge in [0.05, 0.1) is 5.41 Å². The molecule has 3 nitrogen and oxygen atoms in total. The summed E-state index contributed by atoms with van der Waals surface area (Å²) in [6.07, 6.45) is 6.10. The first-order chi connectivity index (χ1) is 8.68. The van der Waals surface area contributed by atoms with E-state index < -0.39 is 11.4 Å². The van der Waals surface area contributed by atoms with E-state index in [1.54, 1.807) is 0 Å². The van der Waals surface area contributed by atoms with Crippen LogP contribution in [0.2, 0.25) is 0 Å². The molecule has 0 aromatic rings. The molecular weight excluding hydrogens is 246 g/mol. The van der Waals surface area contributed by atoms with Crippen molar-refractivity contribution in [3.05, 3.63) is 0 Å². The van der Waals surface area contributed by atoms with E-state index in [1.165, 1.54) is 24.3 Å². The number of carboxylic acid groups (broad SMARTS) is 1. The molecule has 0 saturated carbocycles. The van der Waals surface area contributed by atoms with Gasteiger partial charge in [-0.15, -0.1) is 0 Å². The van der Waals surface area contributed by atoms with Crippen LogP contribution in [0.15, 0.2) is 0 Å². The van der Waals surface area contributed by atoms with Crippen molar-refractivity contribution in [2.45, 2.75) is 51.5 Å². The minimum absolute atomic E-state index is 0.422. The molecule has 0 radical (unpaired) electrons. The Balaban J connectivity index is 1.91. The van der Waals surface area contributed by atoms with E-state index in [9.17, 15) is 9.90 Å². The molecular formula is C14H25NO2S. The molecule has 4 heteroatoms. The Labute approximate surface area is 114 Å². The minimum Gasteiger partial charge on any atom is -0.481 e. The van der Waals surface area contributed by atoms with E-state index >= 15 is 0 Å². The van der Waals surface area contributed by atoms with Crippen molar-refractivity contribution < 1.29 is 9.90 Å². The highest BCUT2D eigenvalue weighted by Gasteiger charge is 2.41. The van der Waals surface area contributed by atoms with Crippen LogP contribution >= 0.6 is 11.8 Å². The number of hydrogen-bond donors (Lipinski definition) is 1. The zero-order valence-electron chi connectivity index (χ0n) is 11.4. The van der Waals surface area contributed by atoms with Gasteiger partial charge in [-0.1, -0.05) is 13.3 Å². The van der Waals surface area contributed by atoms with Crippen LogP contribution in [0.1, 0.15) is 45.4 Å². The van der Waals surface area contributed by atoms with Gasteiger partial charge in [-0.2, -0.15) is 11.8 Å². The van der Waals surface area contributed by atoms with Gasteiger partial charge >= 0.3 is 5.97 Å². The Kier molecular flexibility index (Phi) is 4.96. The second-order valence-electron chi connectivity index (χ2n) is 5.71. The van der Waals surface area contributed by atoms with Crippen LogP contribution < -0.4 is 0 Å². The molecule has 0 atom stereocenters. The molecule has 0 bridgehead atoms. The maximum atomic E-state index is 11.5. The number of carboxylic acids is 1. The van der Waals surface area contributed by atoms with Crippen molar-refractivity contribution in [2.75, 3.05) is 24.6 Å². The zero-order valence-corrected chi connectivity index (χ0v) is 12.2. The molecule has 18 heavy (non-hydrogen) atoms. The van der Waals surface area contributed by atoms with Crippen LogP contribution in [0, 0.1) is 5.41 Å². The first kappa shape index (κ1) is 14.2. The number of piperidine rings is 1. The third-order valence-corrected chi connectivity index (χ3v) is 5.69. The molecule has 104 valence electrons. The van der Waals surface area contributed by atoms with Crippen molar-refractivity contribution in [1.29, 1.82) is 0 Å². The second kappa shape index (κ2) is 6.29. The van der Waals surface area contributed by atoms with E-state index in [2.05, 4.69) is 23.6 Å². The van der Waals surface area contributed by atoms with Crippen molar-refractivity contribution in [1.82, 2.24) is 4.90 Å². The molecule has 0 unspecified atom stereocenters. The van der Waals surface area contributed by atoms with Gasteiger partial charge in [0.25, 0.3) is 0 Å². The molecule has 2 rings (SSSR count). The molecule has 0 aromatic heterocycles. The molecule has 2 fully saturated rings. The number of hydrogen-bond acceptors (Lipinski definition) is 3. The van der Waals surface area contributed by atoms with Gasteiger partial charge in [0.2, 0.25) is 0 Å². The first-order valence-electron chi connectivity index (χ1n) is 7.23. The van der Waals surface area contributed by atoms with Crippen molar-refractivity contribution in [3.63, 3.8) is 0 Å². The van der Waals surface area contributed by atoms with Crippen LogP contribution in [0.5, 0.6) is 0 Å². The predicted molar refractivity (Wildman–Crippen MR) is 76.1 cm³/mol. The Morgan fingerprint density at radius 2 is 1.94 bits per heavy atom. The molecule has 2 aliphatic heterocycles. The predicted octanol–water partition coefficient (Wildman–Crippen LogP) is 2.85. The van der Waals surface area contributed by atoms with Gasteiger partial charge in [0.1, 0.15) is 0 Å². The smallest absolute Gasteiger partial charge is 0.309 e. The van der Waals surface area contributed by atoms with Crippen LogP contribution in [0.3, 0.4) is 0 Å². The Morgan fingerprint density at radius 1 is 1.33 bits per heavy atom. The highest BCUT2D eigenvalue weighted by Crippen LogP contribution is 2.38. The average Bonchev–Trinajstić information content (AvgIpc) is 2.41. The molecule has 0 aromatic carbocycles. The summed E-state index contributed by atoms with van der Waals surface area (Å²) in [5.41, 5.74) is -0.422. The van der Waals surface area contributed by atoms with Gasteiger partial charge in [0.15, 0.2) is 0 Å². The molecule has 0 aliphatic carbocycles. The number of carbonyl (C=O) groups is 1. The molecule has 2 saturated heterocycles. The molecule has 0 spiro atoms. The number of rotatable bonds is 4. The van der Waals surface area contributed by atoms with Crippen LogP contribution in [-0.4, -0.2) is 46.6 Å². The summed E-state index contributed by atoms with van der Waals surface area (Å²) in [5, 5.41) is 9.49. The summed E-state index contributed by atoms with van der Waals surface area (Å²) >= 11 is 2.05. The van der Waals surface area contributed by atoms with E-state index in [0.717, 1.165) is 44.8 Å². The molecule has 1 N–H and O–H groups in total. The normalized spacial score (nSPS) is 26.1. The quantitative estimate of drug-likeness (QED) is 0.853. The van der Waals surface area contributed by atoms with Gasteiger partial charge in [-0.25, -0.2) is 0 Å². The Morgan fingerprint density at radius 3 is 2.44 bits per heavy atom. The third kappa shape index (κ3) is 3.02. The number of aliphatic carboxylic acids is 1. The number of likely N-dealkylation sites (tertiary alicyclic amines) is 1. The monoisotopic (exact) mass is 271 g/mol. The highest BCUT2D eigenvalue weighted by atomic mass is 32.2. The van der Waals surface area contributed by atoms with Crippen LogP contribution in [-0.2, 0) is 4.79 Å². The lowest BCUT2D eigenvalue weighted by molar-refractivity contribution is -0.153. The number of nitrogens with zero attached hydrogens (tertiary/aromatic N) is 1. The standard InChI is InChI=1S/C14H25NO2S/c1-2-5-14(13(16)17)6-8-15(9-7-14)12-3-10-18-11-4-12/h12H,2-11H2,1H3,(H,16,17). The summed E-state index contributed by atoms with van der Waals surface area (Å²) < 4.78 is 0. The maximum Gasteiger partial charge on any atom is 0.309 e. The topological polar surface area (TPSA) is 40.5 Å². The SMILES string of the molecule is CCCC1(C(=O)O)CCN(C2CCSCC2)CC1. The zero-order chi connectivity index (χ0) is 13.0. The third-order valence-electron chi connectivity index (χ3n) is 4.64. The van der Waals surface area contributed by atoms with E-state index in [-0.39, 0.29) is 0 Å². The van der Waals surface area contributed by atoms with Gasteiger partial charge in [0, 0.05) is 6.04 Å². The summed E-state index contributed by atoms with van der Waals surface area (Å²) in [6, 6.07) is 0.722. The highest BCUT2D eigenvalue weighted by molar-refractivity contribution is 7.99. The fraction of sp³-hybridized carbons (Fsp3) is 0.929. The molecule has 2 heterocycles. The summed E-state index contributed by atoms with van der Waals surface area (Å²) in [5.74, 6) is 1.99. The Hall–Kier alpha value is -0.220. The van der Waals surface area contributed by atoms with E-state index in [4.69, 9.17) is 0 Å². The fourth-order valence-electron chi connectivity index (χ4n) is 3.42. The lowest BCUT2D eigenvalue weighted by Gasteiger charge is -2.43.